The Morgan fingerprint density at radius 3 is 2.90 bits per heavy atom. The highest BCUT2D eigenvalue weighted by atomic mass is 32.1. The van der Waals surface area contributed by atoms with Crippen LogP contribution in [0.2, 0.25) is 0 Å². The third-order valence-corrected chi connectivity index (χ3v) is 3.28. The van der Waals surface area contributed by atoms with E-state index in [1.165, 1.54) is 0 Å². The summed E-state index contributed by atoms with van der Waals surface area (Å²) in [4.78, 5) is 11.6. The molecule has 2 N–H and O–H groups in total. The Labute approximate surface area is 128 Å². The standard InChI is InChI=1S/C14H18N4O2S/c1-2-12-16-17-13(21)18(12)9-8-15-14(19)20-10-11-6-4-3-5-7-11/h3-7H,2,8-10H2,1H3,(H,15,19)(H,17,21). The van der Waals surface area contributed by atoms with Gasteiger partial charge in [0.25, 0.3) is 0 Å². The third kappa shape index (κ3) is 4.42. The molecule has 2 aromatic rings. The number of rotatable bonds is 6. The van der Waals surface area contributed by atoms with Gasteiger partial charge in [-0.1, -0.05) is 37.3 Å². The molecule has 0 radical (unpaired) electrons. The lowest BCUT2D eigenvalue weighted by Crippen LogP contribution is -2.28. The molecule has 1 aromatic heterocycles. The number of carbonyl (C=O) groups excluding carboxylic acids is 1. The lowest BCUT2D eigenvalue weighted by Gasteiger charge is -2.08. The zero-order chi connectivity index (χ0) is 15.1. The van der Waals surface area contributed by atoms with E-state index in [0.29, 0.717) is 17.9 Å². The molecule has 1 heterocycles. The van der Waals surface area contributed by atoms with E-state index in [9.17, 15) is 4.79 Å². The largest absolute Gasteiger partial charge is 0.445 e. The molecular weight excluding hydrogens is 288 g/mol. The minimum absolute atomic E-state index is 0.262. The number of hydrogen-bond acceptors (Lipinski definition) is 4. The summed E-state index contributed by atoms with van der Waals surface area (Å²) in [5, 5.41) is 9.55. The summed E-state index contributed by atoms with van der Waals surface area (Å²) < 4.78 is 7.55. The highest BCUT2D eigenvalue weighted by Crippen LogP contribution is 2.01. The highest BCUT2D eigenvalue weighted by Gasteiger charge is 2.05. The highest BCUT2D eigenvalue weighted by molar-refractivity contribution is 7.71. The van der Waals surface area contributed by atoms with E-state index in [1.54, 1.807) is 0 Å². The van der Waals surface area contributed by atoms with Crippen molar-refractivity contribution in [1.29, 1.82) is 0 Å². The van der Waals surface area contributed by atoms with Gasteiger partial charge >= 0.3 is 6.09 Å². The number of hydrogen-bond donors (Lipinski definition) is 2. The number of carbonyl (C=O) groups is 1. The second kappa shape index (κ2) is 7.58. The van der Waals surface area contributed by atoms with Crippen molar-refractivity contribution in [3.8, 4) is 0 Å². The average Bonchev–Trinajstić information content (AvgIpc) is 2.87. The van der Waals surface area contributed by atoms with Crippen LogP contribution in [-0.4, -0.2) is 27.4 Å². The van der Waals surface area contributed by atoms with E-state index in [0.717, 1.165) is 17.8 Å². The quantitative estimate of drug-likeness (QED) is 0.804. The van der Waals surface area contributed by atoms with Crippen LogP contribution in [0, 0.1) is 4.77 Å². The van der Waals surface area contributed by atoms with Crippen molar-refractivity contribution in [2.75, 3.05) is 6.54 Å². The Balaban J connectivity index is 1.74. The van der Waals surface area contributed by atoms with E-state index < -0.39 is 6.09 Å². The number of aromatic nitrogens is 3. The minimum Gasteiger partial charge on any atom is -0.445 e. The predicted octanol–water partition coefficient (Wildman–Crippen LogP) is 2.43. The first kappa shape index (κ1) is 15.2. The van der Waals surface area contributed by atoms with Crippen LogP contribution in [0.15, 0.2) is 30.3 Å². The van der Waals surface area contributed by atoms with Gasteiger partial charge in [-0.25, -0.2) is 4.79 Å². The normalized spacial score (nSPS) is 10.3. The molecule has 0 fully saturated rings. The lowest BCUT2D eigenvalue weighted by atomic mass is 10.2. The van der Waals surface area contributed by atoms with E-state index in [4.69, 9.17) is 17.0 Å². The average molecular weight is 306 g/mol. The number of aromatic amines is 1. The van der Waals surface area contributed by atoms with Crippen LogP contribution in [0.4, 0.5) is 4.79 Å². The zero-order valence-electron chi connectivity index (χ0n) is 11.8. The number of nitrogens with one attached hydrogen (secondary N) is 2. The van der Waals surface area contributed by atoms with Gasteiger partial charge < -0.3 is 14.6 Å². The fourth-order valence-electron chi connectivity index (χ4n) is 1.89. The molecule has 21 heavy (non-hydrogen) atoms. The number of H-pyrrole nitrogens is 1. The van der Waals surface area contributed by atoms with Crippen molar-refractivity contribution in [3.05, 3.63) is 46.5 Å². The Morgan fingerprint density at radius 1 is 1.43 bits per heavy atom. The molecule has 2 rings (SSSR count). The summed E-state index contributed by atoms with van der Waals surface area (Å²) in [6.45, 7) is 3.27. The second-order valence-electron chi connectivity index (χ2n) is 4.44. The molecule has 0 saturated carbocycles. The molecule has 0 aliphatic rings. The van der Waals surface area contributed by atoms with Gasteiger partial charge in [0, 0.05) is 19.5 Å². The van der Waals surface area contributed by atoms with Gasteiger partial charge in [-0.3, -0.25) is 5.10 Å². The van der Waals surface area contributed by atoms with Crippen LogP contribution in [0.3, 0.4) is 0 Å². The predicted molar refractivity (Wildman–Crippen MR) is 81.4 cm³/mol. The molecule has 1 aromatic carbocycles. The Morgan fingerprint density at radius 2 is 2.19 bits per heavy atom. The minimum atomic E-state index is -0.438. The SMILES string of the molecule is CCc1n[nH]c(=S)n1CCNC(=O)OCc1ccccc1. The first-order valence-corrected chi connectivity index (χ1v) is 7.20. The Kier molecular flexibility index (Phi) is 5.51. The van der Waals surface area contributed by atoms with E-state index >= 15 is 0 Å². The monoisotopic (exact) mass is 306 g/mol. The summed E-state index contributed by atoms with van der Waals surface area (Å²) >= 11 is 5.13. The fourth-order valence-corrected chi connectivity index (χ4v) is 2.14. The number of ether oxygens (including phenoxy) is 1. The van der Waals surface area contributed by atoms with Crippen molar-refractivity contribution in [1.82, 2.24) is 20.1 Å². The van der Waals surface area contributed by atoms with Crippen molar-refractivity contribution in [3.63, 3.8) is 0 Å². The van der Waals surface area contributed by atoms with E-state index in [-0.39, 0.29) is 6.61 Å². The maximum absolute atomic E-state index is 11.6. The van der Waals surface area contributed by atoms with Gasteiger partial charge in [-0.15, -0.1) is 0 Å². The first-order chi connectivity index (χ1) is 10.2. The molecule has 6 nitrogen and oxygen atoms in total. The van der Waals surface area contributed by atoms with Gasteiger partial charge in [0.05, 0.1) is 0 Å². The maximum atomic E-state index is 11.6. The number of amides is 1. The molecule has 0 bridgehead atoms. The number of benzene rings is 1. The van der Waals surface area contributed by atoms with Gasteiger partial charge in [0.2, 0.25) is 0 Å². The fraction of sp³-hybridized carbons (Fsp3) is 0.357. The molecule has 0 atom stereocenters. The Hall–Kier alpha value is -2.15. The summed E-state index contributed by atoms with van der Waals surface area (Å²) in [5.41, 5.74) is 0.956. The van der Waals surface area contributed by atoms with Crippen LogP contribution in [-0.2, 0) is 24.3 Å². The lowest BCUT2D eigenvalue weighted by molar-refractivity contribution is 0.139. The topological polar surface area (TPSA) is 71.9 Å². The molecule has 0 saturated heterocycles. The number of nitrogens with zero attached hydrogens (tertiary/aromatic N) is 2. The second-order valence-corrected chi connectivity index (χ2v) is 4.83. The van der Waals surface area contributed by atoms with Gasteiger partial charge in [0.15, 0.2) is 4.77 Å². The van der Waals surface area contributed by atoms with Crippen LogP contribution in [0.1, 0.15) is 18.3 Å². The van der Waals surface area contributed by atoms with Gasteiger partial charge in [0.1, 0.15) is 12.4 Å². The van der Waals surface area contributed by atoms with E-state index in [1.807, 2.05) is 41.8 Å². The van der Waals surface area contributed by atoms with Crippen LogP contribution in [0.5, 0.6) is 0 Å². The summed E-state index contributed by atoms with van der Waals surface area (Å²) in [6.07, 6.45) is 0.345. The van der Waals surface area contributed by atoms with Crippen LogP contribution >= 0.6 is 12.2 Å². The molecule has 0 unspecified atom stereocenters. The molecule has 0 spiro atoms. The van der Waals surface area contributed by atoms with Crippen molar-refractivity contribution in [2.24, 2.45) is 0 Å². The summed E-state index contributed by atoms with van der Waals surface area (Å²) in [6, 6.07) is 9.55. The molecular formula is C14H18N4O2S. The van der Waals surface area contributed by atoms with Crippen molar-refractivity contribution >= 4 is 18.3 Å². The number of aryl methyl sites for hydroxylation is 1. The van der Waals surface area contributed by atoms with Gasteiger partial charge in [-0.05, 0) is 17.8 Å². The molecule has 0 aliphatic carbocycles. The van der Waals surface area contributed by atoms with Crippen LogP contribution in [0.25, 0.3) is 0 Å². The van der Waals surface area contributed by atoms with Crippen molar-refractivity contribution in [2.45, 2.75) is 26.5 Å². The summed E-state index contributed by atoms with van der Waals surface area (Å²) in [7, 11) is 0. The summed E-state index contributed by atoms with van der Waals surface area (Å²) in [5.74, 6) is 0.874. The smallest absolute Gasteiger partial charge is 0.407 e. The number of alkyl carbamates (subject to hydrolysis) is 1. The molecule has 0 aliphatic heterocycles. The maximum Gasteiger partial charge on any atom is 0.407 e. The van der Waals surface area contributed by atoms with Gasteiger partial charge in [-0.2, -0.15) is 5.10 Å². The first-order valence-electron chi connectivity index (χ1n) is 6.79. The molecule has 7 heteroatoms. The van der Waals surface area contributed by atoms with Crippen LogP contribution < -0.4 is 5.32 Å². The molecule has 1 amide bonds. The van der Waals surface area contributed by atoms with E-state index in [2.05, 4.69) is 15.5 Å². The molecule has 112 valence electrons. The van der Waals surface area contributed by atoms with Crippen molar-refractivity contribution < 1.29 is 9.53 Å². The Bertz CT molecular complexity index is 636. The zero-order valence-corrected chi connectivity index (χ0v) is 12.7. The third-order valence-electron chi connectivity index (χ3n) is 2.97.